The molecule has 0 spiro atoms. The molecule has 2 amide bonds. The SMILES string of the molecule is CCOC(=O)CCC(=O)NC1CCN(C(=O)c2ccc(-n3cccc3)cc2)CC1. The van der Waals surface area contributed by atoms with Crippen LogP contribution in [0.4, 0.5) is 0 Å². The third kappa shape index (κ3) is 5.70. The predicted molar refractivity (Wildman–Crippen MR) is 109 cm³/mol. The summed E-state index contributed by atoms with van der Waals surface area (Å²) in [6.07, 6.45) is 5.56. The first kappa shape index (κ1) is 20.6. The van der Waals surface area contributed by atoms with Gasteiger partial charge in [-0.1, -0.05) is 0 Å². The highest BCUT2D eigenvalue weighted by molar-refractivity contribution is 5.94. The molecule has 2 heterocycles. The molecule has 1 fully saturated rings. The fourth-order valence-electron chi connectivity index (χ4n) is 3.44. The van der Waals surface area contributed by atoms with Gasteiger partial charge in [0.2, 0.25) is 5.91 Å². The molecule has 0 saturated carbocycles. The summed E-state index contributed by atoms with van der Waals surface area (Å²) in [5, 5.41) is 2.95. The van der Waals surface area contributed by atoms with Gasteiger partial charge in [-0.2, -0.15) is 0 Å². The number of hydrogen-bond donors (Lipinski definition) is 1. The third-order valence-corrected chi connectivity index (χ3v) is 5.03. The van der Waals surface area contributed by atoms with Crippen LogP contribution in [-0.4, -0.2) is 53.0 Å². The van der Waals surface area contributed by atoms with Gasteiger partial charge in [-0.05, 0) is 56.2 Å². The molecule has 7 heteroatoms. The van der Waals surface area contributed by atoms with E-state index >= 15 is 0 Å². The topological polar surface area (TPSA) is 80.6 Å². The Kier molecular flexibility index (Phi) is 7.05. The zero-order valence-electron chi connectivity index (χ0n) is 16.7. The van der Waals surface area contributed by atoms with Crippen molar-refractivity contribution < 1.29 is 19.1 Å². The number of aromatic nitrogens is 1. The van der Waals surface area contributed by atoms with Gasteiger partial charge in [0, 0.05) is 49.2 Å². The van der Waals surface area contributed by atoms with Crippen molar-refractivity contribution in [3.8, 4) is 5.69 Å². The number of nitrogens with zero attached hydrogens (tertiary/aromatic N) is 2. The van der Waals surface area contributed by atoms with Crippen LogP contribution in [0.1, 0.15) is 43.0 Å². The Hall–Kier alpha value is -3.09. The van der Waals surface area contributed by atoms with Gasteiger partial charge in [0.1, 0.15) is 0 Å². The maximum absolute atomic E-state index is 12.7. The number of carbonyl (C=O) groups is 3. The van der Waals surface area contributed by atoms with E-state index in [4.69, 9.17) is 4.74 Å². The fourth-order valence-corrected chi connectivity index (χ4v) is 3.44. The number of hydrogen-bond acceptors (Lipinski definition) is 4. The molecule has 1 aromatic heterocycles. The highest BCUT2D eigenvalue weighted by Gasteiger charge is 2.24. The van der Waals surface area contributed by atoms with E-state index < -0.39 is 0 Å². The average Bonchev–Trinajstić information content (AvgIpc) is 3.28. The minimum absolute atomic E-state index is 0.0103. The lowest BCUT2D eigenvalue weighted by molar-refractivity contribution is -0.144. The summed E-state index contributed by atoms with van der Waals surface area (Å²) in [6.45, 7) is 3.26. The van der Waals surface area contributed by atoms with Crippen LogP contribution in [0.15, 0.2) is 48.8 Å². The number of nitrogens with one attached hydrogen (secondary N) is 1. The van der Waals surface area contributed by atoms with Gasteiger partial charge in [-0.3, -0.25) is 14.4 Å². The Morgan fingerprint density at radius 3 is 2.31 bits per heavy atom. The van der Waals surface area contributed by atoms with Gasteiger partial charge >= 0.3 is 5.97 Å². The Morgan fingerprint density at radius 1 is 1.03 bits per heavy atom. The number of benzene rings is 1. The maximum Gasteiger partial charge on any atom is 0.306 e. The summed E-state index contributed by atoms with van der Waals surface area (Å²) in [5.74, 6) is -0.495. The number of rotatable bonds is 7. The molecular formula is C22H27N3O4. The number of likely N-dealkylation sites (tertiary alicyclic amines) is 1. The lowest BCUT2D eigenvalue weighted by Gasteiger charge is -2.32. The monoisotopic (exact) mass is 397 g/mol. The first-order valence-electron chi connectivity index (χ1n) is 10.0. The molecule has 0 bridgehead atoms. The molecular weight excluding hydrogens is 370 g/mol. The van der Waals surface area contributed by atoms with E-state index in [0.29, 0.717) is 38.1 Å². The Bertz CT molecular complexity index is 822. The van der Waals surface area contributed by atoms with Crippen molar-refractivity contribution in [3.05, 3.63) is 54.4 Å². The van der Waals surface area contributed by atoms with Crippen molar-refractivity contribution in [2.45, 2.75) is 38.6 Å². The lowest BCUT2D eigenvalue weighted by Crippen LogP contribution is -2.46. The van der Waals surface area contributed by atoms with Crippen LogP contribution in [0, 0.1) is 0 Å². The zero-order valence-corrected chi connectivity index (χ0v) is 16.7. The van der Waals surface area contributed by atoms with Crippen LogP contribution in [0.25, 0.3) is 5.69 Å². The molecule has 1 saturated heterocycles. The summed E-state index contributed by atoms with van der Waals surface area (Å²) in [4.78, 5) is 37.9. The number of carbonyl (C=O) groups excluding carboxylic acids is 3. The molecule has 3 rings (SSSR count). The van der Waals surface area contributed by atoms with Crippen molar-refractivity contribution in [1.82, 2.24) is 14.8 Å². The van der Waals surface area contributed by atoms with E-state index in [1.54, 1.807) is 6.92 Å². The van der Waals surface area contributed by atoms with Crippen LogP contribution in [0.5, 0.6) is 0 Å². The smallest absolute Gasteiger partial charge is 0.306 e. The van der Waals surface area contributed by atoms with Crippen LogP contribution in [0.3, 0.4) is 0 Å². The summed E-state index contributed by atoms with van der Waals surface area (Å²) in [6, 6.07) is 11.5. The first-order chi connectivity index (χ1) is 14.1. The average molecular weight is 397 g/mol. The predicted octanol–water partition coefficient (Wildman–Crippen LogP) is 2.54. The molecule has 0 unspecified atom stereocenters. The second kappa shape index (κ2) is 9.91. The Labute approximate surface area is 170 Å². The zero-order chi connectivity index (χ0) is 20.6. The molecule has 29 heavy (non-hydrogen) atoms. The second-order valence-electron chi connectivity index (χ2n) is 7.08. The maximum atomic E-state index is 12.7. The number of amides is 2. The van der Waals surface area contributed by atoms with E-state index in [0.717, 1.165) is 5.69 Å². The third-order valence-electron chi connectivity index (χ3n) is 5.03. The van der Waals surface area contributed by atoms with Gasteiger partial charge in [-0.15, -0.1) is 0 Å². The van der Waals surface area contributed by atoms with Gasteiger partial charge < -0.3 is 19.5 Å². The Balaban J connectivity index is 1.44. The van der Waals surface area contributed by atoms with E-state index in [-0.39, 0.29) is 36.7 Å². The molecule has 7 nitrogen and oxygen atoms in total. The fraction of sp³-hybridized carbons (Fsp3) is 0.409. The molecule has 2 aromatic rings. The molecule has 0 atom stereocenters. The number of esters is 1. The standard InChI is InChI=1S/C22H27N3O4/c1-2-29-21(27)10-9-20(26)23-18-11-15-25(16-12-18)22(28)17-5-7-19(8-6-17)24-13-3-4-14-24/h3-8,13-14,18H,2,9-12,15-16H2,1H3,(H,23,26). The first-order valence-corrected chi connectivity index (χ1v) is 10.0. The minimum atomic E-state index is -0.356. The van der Waals surface area contributed by atoms with Crippen molar-refractivity contribution in [2.24, 2.45) is 0 Å². The summed E-state index contributed by atoms with van der Waals surface area (Å²) in [5.41, 5.74) is 1.67. The number of piperidine rings is 1. The van der Waals surface area contributed by atoms with Crippen molar-refractivity contribution in [1.29, 1.82) is 0 Å². The van der Waals surface area contributed by atoms with Crippen LogP contribution in [0.2, 0.25) is 0 Å². The highest BCUT2D eigenvalue weighted by Crippen LogP contribution is 2.16. The van der Waals surface area contributed by atoms with E-state index in [1.165, 1.54) is 0 Å². The number of ether oxygens (including phenoxy) is 1. The summed E-state index contributed by atoms with van der Waals surface area (Å²) >= 11 is 0. The summed E-state index contributed by atoms with van der Waals surface area (Å²) in [7, 11) is 0. The molecule has 1 aliphatic heterocycles. The van der Waals surface area contributed by atoms with E-state index in [1.807, 2.05) is 58.3 Å². The molecule has 1 aliphatic rings. The molecule has 1 aromatic carbocycles. The molecule has 1 N–H and O–H groups in total. The highest BCUT2D eigenvalue weighted by atomic mass is 16.5. The van der Waals surface area contributed by atoms with Crippen molar-refractivity contribution in [3.63, 3.8) is 0 Å². The minimum Gasteiger partial charge on any atom is -0.466 e. The van der Waals surface area contributed by atoms with Crippen LogP contribution in [-0.2, 0) is 14.3 Å². The lowest BCUT2D eigenvalue weighted by atomic mass is 10.0. The quantitative estimate of drug-likeness (QED) is 0.728. The molecule has 0 radical (unpaired) electrons. The summed E-state index contributed by atoms with van der Waals surface area (Å²) < 4.78 is 6.82. The normalized spacial score (nSPS) is 14.4. The second-order valence-corrected chi connectivity index (χ2v) is 7.08. The van der Waals surface area contributed by atoms with Crippen LogP contribution < -0.4 is 5.32 Å². The van der Waals surface area contributed by atoms with Gasteiger partial charge in [0.05, 0.1) is 13.0 Å². The van der Waals surface area contributed by atoms with E-state index in [9.17, 15) is 14.4 Å². The molecule has 0 aliphatic carbocycles. The van der Waals surface area contributed by atoms with Gasteiger partial charge in [-0.25, -0.2) is 0 Å². The molecule has 154 valence electrons. The van der Waals surface area contributed by atoms with Crippen molar-refractivity contribution in [2.75, 3.05) is 19.7 Å². The van der Waals surface area contributed by atoms with Gasteiger partial charge in [0.25, 0.3) is 5.91 Å². The Morgan fingerprint density at radius 2 is 1.69 bits per heavy atom. The largest absolute Gasteiger partial charge is 0.466 e. The van der Waals surface area contributed by atoms with Crippen molar-refractivity contribution >= 4 is 17.8 Å². The van der Waals surface area contributed by atoms with Crippen LogP contribution >= 0.6 is 0 Å². The van der Waals surface area contributed by atoms with Gasteiger partial charge in [0.15, 0.2) is 0 Å². The van der Waals surface area contributed by atoms with E-state index in [2.05, 4.69) is 5.32 Å².